The third-order valence-corrected chi connectivity index (χ3v) is 5.05. The maximum absolute atomic E-state index is 11.2. The van der Waals surface area contributed by atoms with E-state index < -0.39 is 0 Å². The number of fused-ring (bicyclic) bond motifs is 2. The molecule has 0 aromatic heterocycles. The Morgan fingerprint density at radius 2 is 1.95 bits per heavy atom. The molecular formula is C16H23N3O2. The van der Waals surface area contributed by atoms with Crippen LogP contribution >= 0.6 is 0 Å². The topological polar surface area (TPSA) is 58.4 Å². The number of nitrogens with zero attached hydrogens (tertiary/aromatic N) is 2. The minimum absolute atomic E-state index is 0.185. The van der Waals surface area contributed by atoms with Crippen LogP contribution < -0.4 is 5.32 Å². The number of rotatable bonds is 3. The van der Waals surface area contributed by atoms with Gasteiger partial charge < -0.3 is 10.2 Å². The molecule has 2 atom stereocenters. The van der Waals surface area contributed by atoms with Gasteiger partial charge in [-0.1, -0.05) is 12.5 Å². The lowest BCUT2D eigenvalue weighted by Gasteiger charge is -2.47. The van der Waals surface area contributed by atoms with Crippen LogP contribution in [0.4, 0.5) is 11.4 Å². The van der Waals surface area contributed by atoms with Gasteiger partial charge in [0.2, 0.25) is 0 Å². The molecule has 1 aromatic carbocycles. The van der Waals surface area contributed by atoms with Crippen LogP contribution in [-0.2, 0) is 0 Å². The number of aryl methyl sites for hydroxylation is 1. The summed E-state index contributed by atoms with van der Waals surface area (Å²) in [4.78, 5) is 13.4. The molecule has 0 amide bonds. The van der Waals surface area contributed by atoms with Crippen molar-refractivity contribution in [3.05, 3.63) is 33.9 Å². The van der Waals surface area contributed by atoms with E-state index in [9.17, 15) is 10.1 Å². The molecule has 2 bridgehead atoms. The van der Waals surface area contributed by atoms with E-state index in [0.29, 0.717) is 23.8 Å². The molecule has 114 valence electrons. The minimum Gasteiger partial charge on any atom is -0.377 e. The normalized spacial score (nSPS) is 29.1. The van der Waals surface area contributed by atoms with Crippen molar-refractivity contribution >= 4 is 11.4 Å². The highest BCUT2D eigenvalue weighted by Crippen LogP contribution is 2.35. The molecule has 2 unspecified atom stereocenters. The van der Waals surface area contributed by atoms with Gasteiger partial charge in [-0.2, -0.15) is 0 Å². The fourth-order valence-corrected chi connectivity index (χ4v) is 3.88. The third kappa shape index (κ3) is 2.88. The molecule has 0 saturated carbocycles. The molecule has 0 aliphatic carbocycles. The summed E-state index contributed by atoms with van der Waals surface area (Å²) in [5, 5.41) is 14.6. The van der Waals surface area contributed by atoms with Crippen molar-refractivity contribution in [1.82, 2.24) is 4.90 Å². The maximum Gasteiger partial charge on any atom is 0.292 e. The standard InChI is InChI=1S/C16H23N3O2/c1-11-6-7-16(19(20)21)15(8-11)17-12-9-13-4-3-5-14(10-12)18(13)2/h6-8,12-14,17H,3-5,9-10H2,1-2H3. The average molecular weight is 289 g/mol. The summed E-state index contributed by atoms with van der Waals surface area (Å²) in [6.45, 7) is 1.97. The summed E-state index contributed by atoms with van der Waals surface area (Å²) in [6.07, 6.45) is 5.98. The lowest BCUT2D eigenvalue weighted by Crippen LogP contribution is -2.52. The van der Waals surface area contributed by atoms with E-state index in [2.05, 4.69) is 17.3 Å². The number of nitro groups is 1. The molecule has 0 spiro atoms. The first-order valence-corrected chi connectivity index (χ1v) is 7.78. The van der Waals surface area contributed by atoms with E-state index in [4.69, 9.17) is 0 Å². The average Bonchev–Trinajstić information content (AvgIpc) is 2.39. The van der Waals surface area contributed by atoms with Gasteiger partial charge in [-0.25, -0.2) is 0 Å². The van der Waals surface area contributed by atoms with Crippen molar-refractivity contribution in [3.63, 3.8) is 0 Å². The smallest absolute Gasteiger partial charge is 0.292 e. The molecule has 2 aliphatic heterocycles. The molecule has 2 saturated heterocycles. The van der Waals surface area contributed by atoms with E-state index >= 15 is 0 Å². The summed E-state index contributed by atoms with van der Waals surface area (Å²) < 4.78 is 0. The number of benzene rings is 1. The number of anilines is 1. The third-order valence-electron chi connectivity index (χ3n) is 5.05. The van der Waals surface area contributed by atoms with Crippen molar-refractivity contribution in [2.24, 2.45) is 0 Å². The van der Waals surface area contributed by atoms with Gasteiger partial charge in [0.05, 0.1) is 4.92 Å². The van der Waals surface area contributed by atoms with Crippen LogP contribution in [0.3, 0.4) is 0 Å². The van der Waals surface area contributed by atoms with Gasteiger partial charge in [-0.3, -0.25) is 10.1 Å². The van der Waals surface area contributed by atoms with Crippen molar-refractivity contribution < 1.29 is 4.92 Å². The molecule has 0 radical (unpaired) electrons. The minimum atomic E-state index is -0.294. The van der Waals surface area contributed by atoms with Gasteiger partial charge in [-0.05, 0) is 51.3 Å². The second-order valence-corrected chi connectivity index (χ2v) is 6.49. The van der Waals surface area contributed by atoms with Gasteiger partial charge in [0.15, 0.2) is 0 Å². The Hall–Kier alpha value is -1.62. The number of hydrogen-bond acceptors (Lipinski definition) is 4. The van der Waals surface area contributed by atoms with E-state index in [0.717, 1.165) is 18.4 Å². The summed E-state index contributed by atoms with van der Waals surface area (Å²) in [6, 6.07) is 6.89. The molecule has 2 fully saturated rings. The Bertz CT molecular complexity index is 532. The Kier molecular flexibility index (Phi) is 3.85. The van der Waals surface area contributed by atoms with Crippen LogP contribution in [0, 0.1) is 17.0 Å². The molecule has 2 heterocycles. The fraction of sp³-hybridized carbons (Fsp3) is 0.625. The van der Waals surface area contributed by atoms with E-state index in [1.54, 1.807) is 12.1 Å². The van der Waals surface area contributed by atoms with E-state index in [1.165, 1.54) is 19.3 Å². The predicted octanol–water partition coefficient (Wildman–Crippen LogP) is 3.33. The van der Waals surface area contributed by atoms with E-state index in [1.807, 2.05) is 13.0 Å². The fourth-order valence-electron chi connectivity index (χ4n) is 3.88. The molecular weight excluding hydrogens is 266 g/mol. The van der Waals surface area contributed by atoms with Gasteiger partial charge in [0.25, 0.3) is 5.69 Å². The molecule has 1 N–H and O–H groups in total. The molecule has 21 heavy (non-hydrogen) atoms. The zero-order valence-corrected chi connectivity index (χ0v) is 12.7. The number of hydrogen-bond donors (Lipinski definition) is 1. The van der Waals surface area contributed by atoms with Crippen LogP contribution in [0.15, 0.2) is 18.2 Å². The molecule has 2 aliphatic rings. The Balaban J connectivity index is 1.78. The van der Waals surface area contributed by atoms with Crippen LogP contribution in [0.25, 0.3) is 0 Å². The van der Waals surface area contributed by atoms with Crippen molar-refractivity contribution in [3.8, 4) is 0 Å². The Morgan fingerprint density at radius 3 is 2.57 bits per heavy atom. The lowest BCUT2D eigenvalue weighted by molar-refractivity contribution is -0.384. The second-order valence-electron chi connectivity index (χ2n) is 6.49. The Labute approximate surface area is 125 Å². The number of piperidine rings is 2. The lowest BCUT2D eigenvalue weighted by atomic mass is 9.82. The highest BCUT2D eigenvalue weighted by atomic mass is 16.6. The van der Waals surface area contributed by atoms with Crippen LogP contribution in [-0.4, -0.2) is 35.0 Å². The monoisotopic (exact) mass is 289 g/mol. The van der Waals surface area contributed by atoms with Gasteiger partial charge in [-0.15, -0.1) is 0 Å². The van der Waals surface area contributed by atoms with Crippen LogP contribution in [0.2, 0.25) is 0 Å². The molecule has 5 heteroatoms. The van der Waals surface area contributed by atoms with Crippen LogP contribution in [0.5, 0.6) is 0 Å². The second kappa shape index (κ2) is 5.64. The number of nitrogens with one attached hydrogen (secondary N) is 1. The number of nitro benzene ring substituents is 1. The SMILES string of the molecule is Cc1ccc([N+](=O)[O-])c(NC2CC3CCCC(C2)N3C)c1. The summed E-state index contributed by atoms with van der Waals surface area (Å²) in [5.41, 5.74) is 1.91. The van der Waals surface area contributed by atoms with E-state index in [-0.39, 0.29) is 10.6 Å². The van der Waals surface area contributed by atoms with Crippen molar-refractivity contribution in [1.29, 1.82) is 0 Å². The highest BCUT2D eigenvalue weighted by Gasteiger charge is 2.36. The highest BCUT2D eigenvalue weighted by molar-refractivity contribution is 5.63. The molecule has 1 aromatic rings. The zero-order chi connectivity index (χ0) is 15.0. The van der Waals surface area contributed by atoms with Gasteiger partial charge in [0.1, 0.15) is 5.69 Å². The summed E-state index contributed by atoms with van der Waals surface area (Å²) in [7, 11) is 2.22. The first-order chi connectivity index (χ1) is 10.0. The first kappa shape index (κ1) is 14.3. The largest absolute Gasteiger partial charge is 0.377 e. The van der Waals surface area contributed by atoms with Gasteiger partial charge >= 0.3 is 0 Å². The summed E-state index contributed by atoms with van der Waals surface area (Å²) in [5.74, 6) is 0. The Morgan fingerprint density at radius 1 is 1.29 bits per heavy atom. The first-order valence-electron chi connectivity index (χ1n) is 7.78. The van der Waals surface area contributed by atoms with Gasteiger partial charge in [0, 0.05) is 24.2 Å². The molecule has 3 rings (SSSR count). The van der Waals surface area contributed by atoms with Crippen LogP contribution in [0.1, 0.15) is 37.7 Å². The summed E-state index contributed by atoms with van der Waals surface area (Å²) >= 11 is 0. The molecule has 5 nitrogen and oxygen atoms in total. The predicted molar refractivity (Wildman–Crippen MR) is 83.7 cm³/mol. The quantitative estimate of drug-likeness (QED) is 0.685. The maximum atomic E-state index is 11.2. The van der Waals surface area contributed by atoms with Crippen molar-refractivity contribution in [2.45, 2.75) is 57.2 Å². The van der Waals surface area contributed by atoms with Crippen molar-refractivity contribution in [2.75, 3.05) is 12.4 Å². The zero-order valence-electron chi connectivity index (χ0n) is 12.7.